The van der Waals surface area contributed by atoms with E-state index in [1.165, 1.54) is 22.8 Å². The standard InChI is InChI=1S/C12H16INSe/c1-14-9-2-3-10(14)7-8(6-9)12-11(13)4-5-15-12/h4-6,9-10H,2-3,7,15H2,1H3. The van der Waals surface area contributed by atoms with Gasteiger partial charge in [0.15, 0.2) is 0 Å². The molecule has 3 heterocycles. The molecule has 0 aromatic heterocycles. The number of halogens is 1. The van der Waals surface area contributed by atoms with Gasteiger partial charge in [-0.05, 0) is 0 Å². The Kier molecular flexibility index (Phi) is 2.84. The van der Waals surface area contributed by atoms with Crippen molar-refractivity contribution >= 4 is 37.5 Å². The molecule has 3 aliphatic rings. The van der Waals surface area contributed by atoms with Crippen molar-refractivity contribution in [3.05, 3.63) is 30.8 Å². The molecule has 2 unspecified atom stereocenters. The molecule has 0 aromatic carbocycles. The Morgan fingerprint density at radius 2 is 2.33 bits per heavy atom. The molecule has 3 aliphatic heterocycles. The minimum absolute atomic E-state index is 0.0577. The quantitative estimate of drug-likeness (QED) is 0.498. The molecule has 1 nitrogen and oxygen atoms in total. The molecule has 0 spiro atoms. The Balaban J connectivity index is 1.91. The number of hydrogen-bond donors (Lipinski definition) is 0. The Hall–Kier alpha value is 0.429. The number of nitrogens with zero attached hydrogens (tertiary/aromatic N) is 1. The van der Waals surface area contributed by atoms with Crippen molar-refractivity contribution in [2.24, 2.45) is 0 Å². The van der Waals surface area contributed by atoms with Gasteiger partial charge in [0.25, 0.3) is 0 Å². The Labute approximate surface area is 111 Å². The Morgan fingerprint density at radius 3 is 3.00 bits per heavy atom. The number of rotatable bonds is 1. The van der Waals surface area contributed by atoms with Gasteiger partial charge in [-0.1, -0.05) is 0 Å². The first-order valence-electron chi connectivity index (χ1n) is 5.51. The topological polar surface area (TPSA) is 3.24 Å². The van der Waals surface area contributed by atoms with E-state index in [4.69, 9.17) is 0 Å². The van der Waals surface area contributed by atoms with Gasteiger partial charge < -0.3 is 0 Å². The van der Waals surface area contributed by atoms with Gasteiger partial charge in [0.05, 0.1) is 0 Å². The monoisotopic (exact) mass is 381 g/mol. The van der Waals surface area contributed by atoms with E-state index in [0.717, 1.165) is 12.1 Å². The van der Waals surface area contributed by atoms with Crippen LogP contribution in [-0.4, -0.2) is 39.0 Å². The molecule has 3 heteroatoms. The summed E-state index contributed by atoms with van der Waals surface area (Å²) in [6.07, 6.45) is 8.95. The molecule has 2 bridgehead atoms. The van der Waals surface area contributed by atoms with Crippen molar-refractivity contribution in [1.29, 1.82) is 0 Å². The molecular weight excluding hydrogens is 364 g/mol. The molecule has 1 saturated heterocycles. The molecule has 2 atom stereocenters. The summed E-state index contributed by atoms with van der Waals surface area (Å²) in [7, 11) is 2.29. The van der Waals surface area contributed by atoms with Crippen LogP contribution >= 0.6 is 22.6 Å². The fraction of sp³-hybridized carbons (Fsp3) is 0.500. The van der Waals surface area contributed by atoms with E-state index >= 15 is 0 Å². The molecule has 0 aliphatic carbocycles. The third kappa shape index (κ3) is 1.78. The van der Waals surface area contributed by atoms with E-state index in [0.29, 0.717) is 0 Å². The number of likely N-dealkylation sites (N-methyl/N-ethyl adjacent to an activating group) is 1. The van der Waals surface area contributed by atoms with Crippen LogP contribution in [0.4, 0.5) is 0 Å². The van der Waals surface area contributed by atoms with E-state index < -0.39 is 0 Å². The van der Waals surface area contributed by atoms with Gasteiger partial charge in [0, 0.05) is 0 Å². The minimum atomic E-state index is 0.0577. The van der Waals surface area contributed by atoms with Gasteiger partial charge in [-0.2, -0.15) is 0 Å². The predicted octanol–water partition coefficient (Wildman–Crippen LogP) is 2.12. The third-order valence-electron chi connectivity index (χ3n) is 3.76. The van der Waals surface area contributed by atoms with Crippen LogP contribution in [0.2, 0.25) is 0 Å². The van der Waals surface area contributed by atoms with Crippen molar-refractivity contribution in [3.63, 3.8) is 0 Å². The zero-order valence-corrected chi connectivity index (χ0v) is 13.1. The number of allylic oxidation sites excluding steroid dienone is 3. The van der Waals surface area contributed by atoms with E-state index in [2.05, 4.69) is 51.7 Å². The van der Waals surface area contributed by atoms with E-state index in [9.17, 15) is 0 Å². The first kappa shape index (κ1) is 10.6. The summed E-state index contributed by atoms with van der Waals surface area (Å²) < 4.78 is 3.24. The molecule has 0 amide bonds. The SMILES string of the molecule is CN1C2C=C(C3=C(I)C=C[SeH2]3)CC1CC2. The summed E-state index contributed by atoms with van der Waals surface area (Å²) in [5, 5.41) is 0. The van der Waals surface area contributed by atoms with Crippen LogP contribution in [0.1, 0.15) is 19.3 Å². The van der Waals surface area contributed by atoms with Gasteiger partial charge in [-0.3, -0.25) is 0 Å². The third-order valence-corrected chi connectivity index (χ3v) is 8.27. The first-order chi connectivity index (χ1) is 7.25. The van der Waals surface area contributed by atoms with Crippen LogP contribution in [0.3, 0.4) is 0 Å². The molecule has 1 fully saturated rings. The fourth-order valence-electron chi connectivity index (χ4n) is 2.82. The second-order valence-electron chi connectivity index (χ2n) is 4.56. The molecule has 3 rings (SSSR count). The van der Waals surface area contributed by atoms with Crippen LogP contribution in [-0.2, 0) is 0 Å². The van der Waals surface area contributed by atoms with Gasteiger partial charge in [-0.25, -0.2) is 0 Å². The van der Waals surface area contributed by atoms with Gasteiger partial charge >= 0.3 is 112 Å². The van der Waals surface area contributed by atoms with E-state index in [1.54, 1.807) is 10.0 Å². The molecule has 0 N–H and O–H groups in total. The second-order valence-corrected chi connectivity index (χ2v) is 8.08. The van der Waals surface area contributed by atoms with Crippen LogP contribution < -0.4 is 0 Å². The number of fused-ring (bicyclic) bond motifs is 2. The fourth-order valence-corrected chi connectivity index (χ4v) is 6.99. The summed E-state index contributed by atoms with van der Waals surface area (Å²) in [6.45, 7) is 0. The van der Waals surface area contributed by atoms with Crippen molar-refractivity contribution < 1.29 is 0 Å². The van der Waals surface area contributed by atoms with Gasteiger partial charge in [-0.15, -0.1) is 0 Å². The molecule has 82 valence electrons. The van der Waals surface area contributed by atoms with Crippen molar-refractivity contribution in [2.45, 2.75) is 31.3 Å². The van der Waals surface area contributed by atoms with E-state index in [-0.39, 0.29) is 15.0 Å². The Bertz CT molecular complexity index is 383. The molecular formula is C12H16INSe. The summed E-state index contributed by atoms with van der Waals surface area (Å²) in [5.74, 6) is 0. The summed E-state index contributed by atoms with van der Waals surface area (Å²) in [4.78, 5) is 4.98. The van der Waals surface area contributed by atoms with E-state index in [1.807, 2.05) is 0 Å². The molecule has 0 aromatic rings. The average Bonchev–Trinajstić information content (AvgIpc) is 2.70. The summed E-state index contributed by atoms with van der Waals surface area (Å²) >= 11 is 2.56. The molecule has 0 radical (unpaired) electrons. The van der Waals surface area contributed by atoms with Crippen molar-refractivity contribution in [2.75, 3.05) is 7.05 Å². The first-order valence-corrected chi connectivity index (χ1v) is 8.85. The Morgan fingerprint density at radius 1 is 1.47 bits per heavy atom. The summed E-state index contributed by atoms with van der Waals surface area (Å²) in [6, 6.07) is 1.57. The van der Waals surface area contributed by atoms with Crippen LogP contribution in [0, 0.1) is 0 Å². The van der Waals surface area contributed by atoms with Crippen LogP contribution in [0.15, 0.2) is 30.8 Å². The predicted molar refractivity (Wildman–Crippen MR) is 76.0 cm³/mol. The maximum absolute atomic E-state index is 2.57. The zero-order valence-electron chi connectivity index (χ0n) is 8.83. The number of hydrogen-bond acceptors (Lipinski definition) is 1. The molecule has 15 heavy (non-hydrogen) atoms. The van der Waals surface area contributed by atoms with Crippen molar-refractivity contribution in [3.8, 4) is 0 Å². The maximum atomic E-state index is 2.57. The normalized spacial score (nSPS) is 37.9. The van der Waals surface area contributed by atoms with Crippen LogP contribution in [0.25, 0.3) is 0 Å². The van der Waals surface area contributed by atoms with Gasteiger partial charge in [0.2, 0.25) is 0 Å². The summed E-state index contributed by atoms with van der Waals surface area (Å²) in [5.41, 5.74) is 1.69. The van der Waals surface area contributed by atoms with Crippen LogP contribution in [0.5, 0.6) is 0 Å². The zero-order chi connectivity index (χ0) is 10.4. The molecule has 0 saturated carbocycles. The second kappa shape index (κ2) is 4.02. The van der Waals surface area contributed by atoms with Gasteiger partial charge in [0.1, 0.15) is 0 Å². The van der Waals surface area contributed by atoms with Crippen molar-refractivity contribution in [1.82, 2.24) is 4.90 Å². The average molecular weight is 380 g/mol.